The van der Waals surface area contributed by atoms with Gasteiger partial charge in [-0.1, -0.05) is 12.1 Å². The Morgan fingerprint density at radius 1 is 1.41 bits per heavy atom. The molecule has 1 heterocycles. The van der Waals surface area contributed by atoms with Gasteiger partial charge in [-0.15, -0.1) is 0 Å². The van der Waals surface area contributed by atoms with Crippen molar-refractivity contribution < 1.29 is 19.4 Å². The van der Waals surface area contributed by atoms with Crippen LogP contribution in [0, 0.1) is 0 Å². The fraction of sp³-hybridized carbons (Fsp3) is 0.267. The minimum atomic E-state index is -1.02. The average molecular weight is 320 g/mol. The van der Waals surface area contributed by atoms with Crippen molar-refractivity contribution in [2.45, 2.75) is 13.0 Å². The fourth-order valence-electron chi connectivity index (χ4n) is 1.80. The van der Waals surface area contributed by atoms with Crippen LogP contribution >= 0.6 is 11.8 Å². The van der Waals surface area contributed by atoms with Gasteiger partial charge in [-0.25, -0.2) is 4.79 Å². The number of aliphatic imine (C=N–C) groups is 1. The van der Waals surface area contributed by atoms with Crippen molar-refractivity contribution in [2.75, 3.05) is 14.1 Å². The number of aliphatic carboxylic acids is 1. The highest BCUT2D eigenvalue weighted by atomic mass is 32.2. The van der Waals surface area contributed by atoms with E-state index in [2.05, 4.69) is 4.99 Å². The molecule has 1 aliphatic heterocycles. The van der Waals surface area contributed by atoms with Crippen LogP contribution in [0.15, 0.2) is 34.2 Å². The maximum atomic E-state index is 12.0. The monoisotopic (exact) mass is 320 g/mol. The van der Waals surface area contributed by atoms with E-state index in [4.69, 9.17) is 9.84 Å². The van der Waals surface area contributed by atoms with E-state index in [1.54, 1.807) is 44.4 Å². The normalized spacial score (nSPS) is 19.8. The molecule has 0 aromatic heterocycles. The Kier molecular flexibility index (Phi) is 4.87. The van der Waals surface area contributed by atoms with Gasteiger partial charge in [0.25, 0.3) is 5.91 Å². The van der Waals surface area contributed by atoms with Crippen molar-refractivity contribution in [3.05, 3.63) is 34.7 Å². The number of carboxylic acids is 1. The molecule has 22 heavy (non-hydrogen) atoms. The molecule has 0 aliphatic carbocycles. The van der Waals surface area contributed by atoms with Gasteiger partial charge in [-0.05, 0) is 42.5 Å². The molecule has 1 N–H and O–H groups in total. The van der Waals surface area contributed by atoms with Crippen molar-refractivity contribution in [3.63, 3.8) is 0 Å². The topological polar surface area (TPSA) is 79.2 Å². The second-order valence-corrected chi connectivity index (χ2v) is 5.66. The molecule has 7 heteroatoms. The number of thioether (sulfide) groups is 1. The van der Waals surface area contributed by atoms with Gasteiger partial charge in [0.05, 0.1) is 4.91 Å². The Morgan fingerprint density at radius 2 is 2.05 bits per heavy atom. The molecule has 1 saturated heterocycles. The summed E-state index contributed by atoms with van der Waals surface area (Å²) in [6.45, 7) is 1.47. The smallest absolute Gasteiger partial charge is 0.344 e. The first-order valence-electron chi connectivity index (χ1n) is 6.56. The number of rotatable bonds is 4. The number of amidine groups is 1. The Bertz CT molecular complexity index is 652. The zero-order valence-corrected chi connectivity index (χ0v) is 13.3. The van der Waals surface area contributed by atoms with Gasteiger partial charge in [-0.2, -0.15) is 0 Å². The van der Waals surface area contributed by atoms with Gasteiger partial charge in [0, 0.05) is 14.1 Å². The lowest BCUT2D eigenvalue weighted by molar-refractivity contribution is -0.144. The third kappa shape index (κ3) is 3.48. The number of amides is 1. The van der Waals surface area contributed by atoms with Crippen molar-refractivity contribution in [1.82, 2.24) is 4.90 Å². The van der Waals surface area contributed by atoms with E-state index in [1.165, 1.54) is 23.6 Å². The van der Waals surface area contributed by atoms with Crippen LogP contribution in [0.4, 0.5) is 0 Å². The van der Waals surface area contributed by atoms with E-state index in [-0.39, 0.29) is 5.91 Å². The van der Waals surface area contributed by atoms with Gasteiger partial charge in [0.1, 0.15) is 5.75 Å². The van der Waals surface area contributed by atoms with Crippen LogP contribution in [0.2, 0.25) is 0 Å². The first kappa shape index (κ1) is 16.1. The molecule has 1 amide bonds. The first-order chi connectivity index (χ1) is 10.4. The number of likely N-dealkylation sites (N-methyl/N-ethyl adjacent to an activating group) is 1. The summed E-state index contributed by atoms with van der Waals surface area (Å²) in [7, 11) is 3.33. The summed E-state index contributed by atoms with van der Waals surface area (Å²) < 4.78 is 5.25. The van der Waals surface area contributed by atoms with Crippen LogP contribution in [-0.4, -0.2) is 47.2 Å². The minimum Gasteiger partial charge on any atom is -0.479 e. The summed E-state index contributed by atoms with van der Waals surface area (Å²) in [6, 6.07) is 6.89. The summed E-state index contributed by atoms with van der Waals surface area (Å²) in [5.74, 6) is -0.644. The van der Waals surface area contributed by atoms with Crippen molar-refractivity contribution in [3.8, 4) is 5.75 Å². The van der Waals surface area contributed by atoms with Crippen LogP contribution in [0.1, 0.15) is 12.5 Å². The molecule has 0 spiro atoms. The number of nitrogens with zero attached hydrogens (tertiary/aromatic N) is 2. The molecule has 2 rings (SSSR count). The molecule has 0 bridgehead atoms. The van der Waals surface area contributed by atoms with Crippen LogP contribution in [-0.2, 0) is 9.59 Å². The average Bonchev–Trinajstić information content (AvgIpc) is 2.77. The highest BCUT2D eigenvalue weighted by Gasteiger charge is 2.29. The number of carboxylic acid groups (broad SMARTS) is 1. The lowest BCUT2D eigenvalue weighted by Crippen LogP contribution is -2.23. The molecule has 0 radical (unpaired) electrons. The number of carbonyl (C=O) groups excluding carboxylic acids is 1. The summed E-state index contributed by atoms with van der Waals surface area (Å²) in [5.41, 5.74) is 0.830. The summed E-state index contributed by atoms with van der Waals surface area (Å²) in [5, 5.41) is 9.46. The molecule has 1 atom stereocenters. The van der Waals surface area contributed by atoms with Crippen LogP contribution in [0.25, 0.3) is 6.08 Å². The van der Waals surface area contributed by atoms with Gasteiger partial charge < -0.3 is 9.84 Å². The highest BCUT2D eigenvalue weighted by molar-refractivity contribution is 8.18. The van der Waals surface area contributed by atoms with E-state index < -0.39 is 12.1 Å². The third-order valence-corrected chi connectivity index (χ3v) is 4.18. The maximum Gasteiger partial charge on any atom is 0.344 e. The number of hydrogen-bond acceptors (Lipinski definition) is 5. The number of carbonyl (C=O) groups is 2. The summed E-state index contributed by atoms with van der Waals surface area (Å²) >= 11 is 1.32. The Hall–Kier alpha value is -2.28. The molecule has 1 aliphatic rings. The Balaban J connectivity index is 2.13. The van der Waals surface area contributed by atoms with Gasteiger partial charge in [-0.3, -0.25) is 14.7 Å². The molecule has 1 unspecified atom stereocenters. The first-order valence-corrected chi connectivity index (χ1v) is 7.38. The molecular formula is C15H16N2O4S. The molecule has 1 aromatic rings. The third-order valence-electron chi connectivity index (χ3n) is 3.03. The van der Waals surface area contributed by atoms with Crippen molar-refractivity contribution in [2.24, 2.45) is 4.99 Å². The predicted molar refractivity (Wildman–Crippen MR) is 85.9 cm³/mol. The minimum absolute atomic E-state index is 0.0922. The van der Waals surface area contributed by atoms with Crippen LogP contribution in [0.3, 0.4) is 0 Å². The molecule has 0 saturated carbocycles. The number of ether oxygens (including phenoxy) is 1. The predicted octanol–water partition coefficient (Wildman–Crippen LogP) is 2.07. The second-order valence-electron chi connectivity index (χ2n) is 4.65. The lowest BCUT2D eigenvalue weighted by Gasteiger charge is -2.10. The lowest BCUT2D eigenvalue weighted by atomic mass is 10.2. The highest BCUT2D eigenvalue weighted by Crippen LogP contribution is 2.31. The van der Waals surface area contributed by atoms with Gasteiger partial charge in [0.2, 0.25) is 0 Å². The zero-order valence-electron chi connectivity index (χ0n) is 12.4. The van der Waals surface area contributed by atoms with Crippen LogP contribution < -0.4 is 4.74 Å². The van der Waals surface area contributed by atoms with E-state index >= 15 is 0 Å². The molecule has 6 nitrogen and oxygen atoms in total. The van der Waals surface area contributed by atoms with E-state index in [0.29, 0.717) is 15.8 Å². The van der Waals surface area contributed by atoms with E-state index in [9.17, 15) is 9.59 Å². The molecule has 1 aromatic carbocycles. The summed E-state index contributed by atoms with van der Waals surface area (Å²) in [6.07, 6.45) is 0.861. The zero-order chi connectivity index (χ0) is 16.3. The van der Waals surface area contributed by atoms with Gasteiger partial charge >= 0.3 is 5.97 Å². The quantitative estimate of drug-likeness (QED) is 0.859. The molecule has 116 valence electrons. The van der Waals surface area contributed by atoms with Crippen molar-refractivity contribution in [1.29, 1.82) is 0 Å². The second kappa shape index (κ2) is 6.65. The van der Waals surface area contributed by atoms with Crippen LogP contribution in [0.5, 0.6) is 5.75 Å². The van der Waals surface area contributed by atoms with E-state index in [1.807, 2.05) is 0 Å². The van der Waals surface area contributed by atoms with E-state index in [0.717, 1.165) is 5.56 Å². The van der Waals surface area contributed by atoms with Crippen molar-refractivity contribution >= 4 is 34.9 Å². The Labute approximate surface area is 132 Å². The fourth-order valence-corrected chi connectivity index (χ4v) is 2.73. The number of hydrogen-bond donors (Lipinski definition) is 1. The SMILES string of the molecule is CN=C1S/C(=C/c2ccc(OC(C)C(=O)O)cc2)C(=O)N1C. The molecular weight excluding hydrogens is 304 g/mol. The maximum absolute atomic E-state index is 12.0. The standard InChI is InChI=1S/C15H16N2O4S/c1-9(14(19)20)21-11-6-4-10(5-7-11)8-12-13(18)17(3)15(16-2)22-12/h4-9H,1-3H3,(H,19,20)/b12-8+,16-15?. The Morgan fingerprint density at radius 3 is 2.55 bits per heavy atom. The molecule has 1 fully saturated rings. The summed E-state index contributed by atoms with van der Waals surface area (Å²) in [4.78, 5) is 28.9. The number of benzene rings is 1. The largest absolute Gasteiger partial charge is 0.479 e. The van der Waals surface area contributed by atoms with Gasteiger partial charge in [0.15, 0.2) is 11.3 Å².